The molecule has 2 unspecified atom stereocenters. The van der Waals surface area contributed by atoms with Crippen molar-refractivity contribution < 1.29 is 9.59 Å². The Morgan fingerprint density at radius 1 is 1.09 bits per heavy atom. The number of benzene rings is 1. The summed E-state index contributed by atoms with van der Waals surface area (Å²) in [5.74, 6) is -0.279. The topological polar surface area (TPSA) is 78.1 Å². The van der Waals surface area contributed by atoms with Crippen LogP contribution in [-0.4, -0.2) is 39.8 Å². The highest BCUT2D eigenvalue weighted by Crippen LogP contribution is 2.34. The van der Waals surface area contributed by atoms with E-state index in [1.807, 2.05) is 29.3 Å². The Kier molecular flexibility index (Phi) is 5.93. The van der Waals surface area contributed by atoms with Crippen LogP contribution in [0.25, 0.3) is 10.9 Å². The van der Waals surface area contributed by atoms with E-state index in [9.17, 15) is 9.59 Å². The SMILES string of the molecule is O=C(NCCc1cccnc1)C1CCCCC1C(=O)N1CCc2c([nH]c3ccccc23)C1. The molecule has 3 aromatic rings. The zero-order valence-corrected chi connectivity index (χ0v) is 18.3. The third kappa shape index (κ3) is 4.14. The number of H-pyrrole nitrogens is 1. The average Bonchev–Trinajstić information content (AvgIpc) is 3.22. The molecule has 0 bridgehead atoms. The molecule has 166 valence electrons. The lowest BCUT2D eigenvalue weighted by Gasteiger charge is -2.35. The second kappa shape index (κ2) is 9.15. The molecule has 6 nitrogen and oxygen atoms in total. The van der Waals surface area contributed by atoms with Gasteiger partial charge in [0.25, 0.3) is 0 Å². The second-order valence-electron chi connectivity index (χ2n) is 9.04. The van der Waals surface area contributed by atoms with Gasteiger partial charge in [-0.15, -0.1) is 0 Å². The first kappa shape index (κ1) is 20.7. The normalized spacial score (nSPS) is 20.7. The maximum Gasteiger partial charge on any atom is 0.226 e. The molecular formula is C26H30N4O2. The van der Waals surface area contributed by atoms with Crippen LogP contribution in [0.15, 0.2) is 48.8 Å². The van der Waals surface area contributed by atoms with E-state index in [0.29, 0.717) is 13.1 Å². The summed E-state index contributed by atoms with van der Waals surface area (Å²) in [4.78, 5) is 36.1. The summed E-state index contributed by atoms with van der Waals surface area (Å²) in [7, 11) is 0. The molecule has 1 aromatic carbocycles. The maximum absolute atomic E-state index is 13.5. The van der Waals surface area contributed by atoms with Crippen LogP contribution >= 0.6 is 0 Å². The van der Waals surface area contributed by atoms with E-state index in [0.717, 1.165) is 61.8 Å². The lowest BCUT2D eigenvalue weighted by atomic mass is 9.77. The van der Waals surface area contributed by atoms with Gasteiger partial charge in [-0.2, -0.15) is 0 Å². The van der Waals surface area contributed by atoms with Gasteiger partial charge in [-0.25, -0.2) is 0 Å². The Hall–Kier alpha value is -3.15. The number of nitrogens with zero attached hydrogens (tertiary/aromatic N) is 2. The van der Waals surface area contributed by atoms with Gasteiger partial charge in [0.2, 0.25) is 11.8 Å². The van der Waals surface area contributed by atoms with Crippen molar-refractivity contribution in [2.24, 2.45) is 11.8 Å². The molecule has 1 fully saturated rings. The van der Waals surface area contributed by atoms with Crippen LogP contribution in [0, 0.1) is 11.8 Å². The van der Waals surface area contributed by atoms with Gasteiger partial charge >= 0.3 is 0 Å². The molecule has 0 saturated heterocycles. The summed E-state index contributed by atoms with van der Waals surface area (Å²) in [5.41, 5.74) is 4.71. The fraction of sp³-hybridized carbons (Fsp3) is 0.423. The number of carbonyl (C=O) groups is 2. The van der Waals surface area contributed by atoms with Gasteiger partial charge in [-0.1, -0.05) is 37.1 Å². The third-order valence-corrected chi connectivity index (χ3v) is 7.05. The number of carbonyl (C=O) groups excluding carboxylic acids is 2. The molecule has 2 atom stereocenters. The number of fused-ring (bicyclic) bond motifs is 3. The quantitative estimate of drug-likeness (QED) is 0.649. The van der Waals surface area contributed by atoms with Crippen LogP contribution in [0.2, 0.25) is 0 Å². The highest BCUT2D eigenvalue weighted by atomic mass is 16.2. The zero-order chi connectivity index (χ0) is 21.9. The first-order valence-corrected chi connectivity index (χ1v) is 11.7. The van der Waals surface area contributed by atoms with Gasteiger partial charge in [0.1, 0.15) is 0 Å². The van der Waals surface area contributed by atoms with Gasteiger partial charge in [-0.05, 0) is 48.9 Å². The number of hydrogen-bond acceptors (Lipinski definition) is 3. The largest absolute Gasteiger partial charge is 0.357 e. The minimum atomic E-state index is -0.228. The van der Waals surface area contributed by atoms with E-state index in [-0.39, 0.29) is 23.7 Å². The molecule has 0 radical (unpaired) electrons. The van der Waals surface area contributed by atoms with Gasteiger partial charge < -0.3 is 15.2 Å². The Labute approximate surface area is 188 Å². The lowest BCUT2D eigenvalue weighted by Crippen LogP contribution is -2.47. The molecule has 1 saturated carbocycles. The van der Waals surface area contributed by atoms with Crippen molar-refractivity contribution in [3.05, 3.63) is 65.6 Å². The van der Waals surface area contributed by atoms with Crippen molar-refractivity contribution in [1.29, 1.82) is 0 Å². The Bertz CT molecular complexity index is 1110. The minimum Gasteiger partial charge on any atom is -0.357 e. The van der Waals surface area contributed by atoms with E-state index in [1.54, 1.807) is 6.20 Å². The molecule has 1 aliphatic heterocycles. The number of aromatic amines is 1. The van der Waals surface area contributed by atoms with Gasteiger partial charge in [0.15, 0.2) is 0 Å². The highest BCUT2D eigenvalue weighted by molar-refractivity contribution is 5.89. The molecule has 2 aliphatic rings. The smallest absolute Gasteiger partial charge is 0.226 e. The maximum atomic E-state index is 13.5. The van der Waals surface area contributed by atoms with Crippen molar-refractivity contribution in [2.75, 3.05) is 13.1 Å². The number of aromatic nitrogens is 2. The molecule has 32 heavy (non-hydrogen) atoms. The lowest BCUT2D eigenvalue weighted by molar-refractivity contribution is -0.144. The van der Waals surface area contributed by atoms with Gasteiger partial charge in [-0.3, -0.25) is 14.6 Å². The van der Waals surface area contributed by atoms with Gasteiger partial charge in [0, 0.05) is 53.9 Å². The molecule has 2 aromatic heterocycles. The Morgan fingerprint density at radius 3 is 2.78 bits per heavy atom. The van der Waals surface area contributed by atoms with Crippen molar-refractivity contribution >= 4 is 22.7 Å². The molecule has 2 amide bonds. The second-order valence-corrected chi connectivity index (χ2v) is 9.04. The minimum absolute atomic E-state index is 0.0234. The molecule has 3 heterocycles. The standard InChI is InChI=1S/C26H30N4O2/c31-25(28-14-11-18-6-5-13-27-16-18)21-8-1-2-9-22(21)26(32)30-15-12-20-19-7-3-4-10-23(19)29-24(20)17-30/h3-7,10,13,16,21-22,29H,1-2,8-9,11-12,14-15,17H2,(H,28,31). The van der Waals surface area contributed by atoms with Crippen LogP contribution in [-0.2, 0) is 29.0 Å². The molecular weight excluding hydrogens is 400 g/mol. The number of para-hydroxylation sites is 1. The van der Waals surface area contributed by atoms with E-state index in [1.165, 1.54) is 10.9 Å². The molecule has 1 aliphatic carbocycles. The number of pyridine rings is 1. The summed E-state index contributed by atoms with van der Waals surface area (Å²) in [6, 6.07) is 12.3. The monoisotopic (exact) mass is 430 g/mol. The number of amides is 2. The molecule has 5 rings (SSSR count). The highest BCUT2D eigenvalue weighted by Gasteiger charge is 2.38. The van der Waals surface area contributed by atoms with Crippen LogP contribution in [0.4, 0.5) is 0 Å². The van der Waals surface area contributed by atoms with Crippen LogP contribution in [0.1, 0.15) is 42.5 Å². The summed E-state index contributed by atoms with van der Waals surface area (Å²) < 4.78 is 0. The number of nitrogens with one attached hydrogen (secondary N) is 2. The Morgan fingerprint density at radius 2 is 1.94 bits per heavy atom. The van der Waals surface area contributed by atoms with Crippen molar-refractivity contribution in [3.8, 4) is 0 Å². The molecule has 0 spiro atoms. The van der Waals surface area contributed by atoms with Crippen LogP contribution in [0.5, 0.6) is 0 Å². The molecule has 2 N–H and O–H groups in total. The zero-order valence-electron chi connectivity index (χ0n) is 18.3. The number of rotatable bonds is 5. The van der Waals surface area contributed by atoms with E-state index in [4.69, 9.17) is 0 Å². The fourth-order valence-corrected chi connectivity index (χ4v) is 5.36. The van der Waals surface area contributed by atoms with Gasteiger partial charge in [0.05, 0.1) is 6.54 Å². The van der Waals surface area contributed by atoms with Crippen molar-refractivity contribution in [2.45, 2.75) is 45.1 Å². The first-order valence-electron chi connectivity index (χ1n) is 11.7. The van der Waals surface area contributed by atoms with Crippen molar-refractivity contribution in [1.82, 2.24) is 20.2 Å². The summed E-state index contributed by atoms with van der Waals surface area (Å²) >= 11 is 0. The summed E-state index contributed by atoms with van der Waals surface area (Å²) in [6.07, 6.45) is 8.81. The fourth-order valence-electron chi connectivity index (χ4n) is 5.36. The Balaban J connectivity index is 1.24. The summed E-state index contributed by atoms with van der Waals surface area (Å²) in [5, 5.41) is 4.34. The first-order chi connectivity index (χ1) is 15.7. The third-order valence-electron chi connectivity index (χ3n) is 7.05. The molecule has 6 heteroatoms. The van der Waals surface area contributed by atoms with E-state index in [2.05, 4.69) is 33.5 Å². The van der Waals surface area contributed by atoms with Crippen LogP contribution < -0.4 is 5.32 Å². The predicted molar refractivity (Wildman–Crippen MR) is 124 cm³/mol. The summed E-state index contributed by atoms with van der Waals surface area (Å²) in [6.45, 7) is 1.90. The van der Waals surface area contributed by atoms with Crippen molar-refractivity contribution in [3.63, 3.8) is 0 Å². The van der Waals surface area contributed by atoms with Crippen LogP contribution in [0.3, 0.4) is 0 Å². The van der Waals surface area contributed by atoms with E-state index >= 15 is 0 Å². The number of hydrogen-bond donors (Lipinski definition) is 2. The predicted octanol–water partition coefficient (Wildman–Crippen LogP) is 3.61. The van der Waals surface area contributed by atoms with E-state index < -0.39 is 0 Å². The average molecular weight is 431 g/mol.